The number of nitrogens with one attached hydrogen (secondary N) is 2. The highest BCUT2D eigenvalue weighted by Gasteiger charge is 2.28. The van der Waals surface area contributed by atoms with Crippen molar-refractivity contribution < 1.29 is 4.92 Å². The largest absolute Gasteiger partial charge is 0.388 e. The fourth-order valence-corrected chi connectivity index (χ4v) is 3.00. The molecule has 20 heavy (non-hydrogen) atoms. The molecular weight excluding hydrogens is 254 g/mol. The third-order valence-corrected chi connectivity index (χ3v) is 3.99. The van der Waals surface area contributed by atoms with Crippen LogP contribution in [0.15, 0.2) is 18.2 Å². The molecule has 1 unspecified atom stereocenters. The monoisotopic (exact) mass is 277 g/mol. The van der Waals surface area contributed by atoms with Gasteiger partial charge in [0.1, 0.15) is 0 Å². The van der Waals surface area contributed by atoms with E-state index in [0.29, 0.717) is 11.5 Å². The Kier molecular flexibility index (Phi) is 4.16. The van der Waals surface area contributed by atoms with Gasteiger partial charge in [-0.25, -0.2) is 0 Å². The summed E-state index contributed by atoms with van der Waals surface area (Å²) in [6.45, 7) is 4.57. The van der Waals surface area contributed by atoms with Crippen molar-refractivity contribution >= 4 is 17.1 Å². The third kappa shape index (κ3) is 3.62. The second kappa shape index (κ2) is 5.69. The van der Waals surface area contributed by atoms with E-state index in [1.54, 1.807) is 19.2 Å². The molecule has 110 valence electrons. The molecule has 0 bridgehead atoms. The van der Waals surface area contributed by atoms with E-state index in [1.807, 2.05) is 6.07 Å². The van der Waals surface area contributed by atoms with Gasteiger partial charge in [0.25, 0.3) is 5.69 Å². The van der Waals surface area contributed by atoms with Gasteiger partial charge in [-0.2, -0.15) is 0 Å². The summed E-state index contributed by atoms with van der Waals surface area (Å²) in [6, 6.07) is 5.48. The van der Waals surface area contributed by atoms with Crippen molar-refractivity contribution in [3.05, 3.63) is 28.3 Å². The van der Waals surface area contributed by atoms with Crippen LogP contribution in [0.2, 0.25) is 0 Å². The zero-order valence-corrected chi connectivity index (χ0v) is 12.4. The second-order valence-electron chi connectivity index (χ2n) is 6.38. The summed E-state index contributed by atoms with van der Waals surface area (Å²) in [5, 5.41) is 17.4. The summed E-state index contributed by atoms with van der Waals surface area (Å²) >= 11 is 0. The van der Waals surface area contributed by atoms with Gasteiger partial charge in [-0.1, -0.05) is 20.3 Å². The second-order valence-corrected chi connectivity index (χ2v) is 6.38. The SMILES string of the molecule is CNc1cc(NC2CCCC(C)(C)C2)cc([N+](=O)[O-])c1. The number of hydrogen-bond donors (Lipinski definition) is 2. The first-order valence-corrected chi connectivity index (χ1v) is 7.13. The molecule has 0 aromatic heterocycles. The van der Waals surface area contributed by atoms with E-state index in [1.165, 1.54) is 12.8 Å². The summed E-state index contributed by atoms with van der Waals surface area (Å²) in [5.41, 5.74) is 2.06. The molecule has 2 rings (SSSR count). The van der Waals surface area contributed by atoms with Gasteiger partial charge < -0.3 is 10.6 Å². The van der Waals surface area contributed by atoms with E-state index in [0.717, 1.165) is 24.2 Å². The topological polar surface area (TPSA) is 67.2 Å². The van der Waals surface area contributed by atoms with Crippen molar-refractivity contribution in [2.24, 2.45) is 5.41 Å². The summed E-state index contributed by atoms with van der Waals surface area (Å²) in [6.07, 6.45) is 4.69. The van der Waals surface area contributed by atoms with E-state index in [2.05, 4.69) is 24.5 Å². The minimum Gasteiger partial charge on any atom is -0.388 e. The highest BCUT2D eigenvalue weighted by Crippen LogP contribution is 2.37. The van der Waals surface area contributed by atoms with E-state index >= 15 is 0 Å². The maximum Gasteiger partial charge on any atom is 0.273 e. The summed E-state index contributed by atoms with van der Waals surface area (Å²) in [5.74, 6) is 0. The molecule has 0 saturated heterocycles. The van der Waals surface area contributed by atoms with Gasteiger partial charge in [0, 0.05) is 36.6 Å². The third-order valence-electron chi connectivity index (χ3n) is 3.99. The summed E-state index contributed by atoms with van der Waals surface area (Å²) < 4.78 is 0. The first-order chi connectivity index (χ1) is 9.39. The van der Waals surface area contributed by atoms with Crippen LogP contribution in [0.1, 0.15) is 39.5 Å². The molecule has 1 aliphatic rings. The van der Waals surface area contributed by atoms with Crippen molar-refractivity contribution in [1.29, 1.82) is 0 Å². The maximum absolute atomic E-state index is 11.0. The number of rotatable bonds is 4. The predicted octanol–water partition coefficient (Wildman–Crippen LogP) is 4.02. The van der Waals surface area contributed by atoms with Gasteiger partial charge in [0.15, 0.2) is 0 Å². The van der Waals surface area contributed by atoms with Gasteiger partial charge >= 0.3 is 0 Å². The Bertz CT molecular complexity index is 500. The Morgan fingerprint density at radius 3 is 2.60 bits per heavy atom. The van der Waals surface area contributed by atoms with Gasteiger partial charge in [0.2, 0.25) is 0 Å². The lowest BCUT2D eigenvalue weighted by atomic mass is 9.75. The normalized spacial score (nSPS) is 21.2. The van der Waals surface area contributed by atoms with E-state index in [-0.39, 0.29) is 10.6 Å². The zero-order chi connectivity index (χ0) is 14.8. The average Bonchev–Trinajstić information content (AvgIpc) is 2.37. The van der Waals surface area contributed by atoms with Crippen molar-refractivity contribution in [1.82, 2.24) is 0 Å². The molecule has 0 radical (unpaired) electrons. The van der Waals surface area contributed by atoms with Crippen LogP contribution in [0.3, 0.4) is 0 Å². The first-order valence-electron chi connectivity index (χ1n) is 7.13. The lowest BCUT2D eigenvalue weighted by Crippen LogP contribution is -2.31. The van der Waals surface area contributed by atoms with Crippen molar-refractivity contribution in [3.8, 4) is 0 Å². The highest BCUT2D eigenvalue weighted by atomic mass is 16.6. The minimum absolute atomic E-state index is 0.120. The Labute approximate surface area is 119 Å². The fraction of sp³-hybridized carbons (Fsp3) is 0.600. The number of non-ortho nitro benzene ring substituents is 1. The molecule has 1 aromatic rings. The molecule has 0 heterocycles. The van der Waals surface area contributed by atoms with Gasteiger partial charge in [0.05, 0.1) is 4.92 Å². The molecule has 5 heteroatoms. The van der Waals surface area contributed by atoms with Crippen LogP contribution in [-0.2, 0) is 0 Å². The molecular formula is C15H23N3O2. The molecule has 1 atom stereocenters. The van der Waals surface area contributed by atoms with Gasteiger partial charge in [-0.15, -0.1) is 0 Å². The van der Waals surface area contributed by atoms with Crippen LogP contribution in [0.4, 0.5) is 17.1 Å². The smallest absolute Gasteiger partial charge is 0.273 e. The molecule has 5 nitrogen and oxygen atoms in total. The summed E-state index contributed by atoms with van der Waals surface area (Å²) in [7, 11) is 1.77. The molecule has 1 saturated carbocycles. The van der Waals surface area contributed by atoms with Crippen LogP contribution >= 0.6 is 0 Å². The standard InChI is InChI=1S/C15H23N3O2/c1-15(2)6-4-5-11(10-15)17-13-7-12(16-3)8-14(9-13)18(19)20/h7-9,11,16-17H,4-6,10H2,1-3H3. The quantitative estimate of drug-likeness (QED) is 0.644. The van der Waals surface area contributed by atoms with E-state index in [9.17, 15) is 10.1 Å². The first kappa shape index (κ1) is 14.6. The van der Waals surface area contributed by atoms with Crippen molar-refractivity contribution in [3.63, 3.8) is 0 Å². The number of nitro groups is 1. The Balaban J connectivity index is 2.16. The van der Waals surface area contributed by atoms with Crippen molar-refractivity contribution in [2.45, 2.75) is 45.6 Å². The molecule has 0 spiro atoms. The predicted molar refractivity (Wildman–Crippen MR) is 82.3 cm³/mol. The molecule has 1 fully saturated rings. The molecule has 1 aliphatic carbocycles. The highest BCUT2D eigenvalue weighted by molar-refractivity contribution is 5.63. The lowest BCUT2D eigenvalue weighted by Gasteiger charge is -2.36. The zero-order valence-electron chi connectivity index (χ0n) is 12.4. The number of anilines is 2. The molecule has 0 aliphatic heterocycles. The number of benzene rings is 1. The van der Waals surface area contributed by atoms with Crippen molar-refractivity contribution in [2.75, 3.05) is 17.7 Å². The average molecular weight is 277 g/mol. The van der Waals surface area contributed by atoms with E-state index in [4.69, 9.17) is 0 Å². The molecule has 2 N–H and O–H groups in total. The van der Waals surface area contributed by atoms with Crippen LogP contribution in [-0.4, -0.2) is 18.0 Å². The maximum atomic E-state index is 11.0. The van der Waals surface area contributed by atoms with Gasteiger partial charge in [-0.05, 0) is 30.7 Å². The van der Waals surface area contributed by atoms with E-state index < -0.39 is 0 Å². The van der Waals surface area contributed by atoms with Crippen LogP contribution < -0.4 is 10.6 Å². The Morgan fingerprint density at radius 2 is 2.00 bits per heavy atom. The van der Waals surface area contributed by atoms with Crippen LogP contribution in [0.5, 0.6) is 0 Å². The molecule has 0 amide bonds. The minimum atomic E-state index is -0.350. The Morgan fingerprint density at radius 1 is 1.30 bits per heavy atom. The van der Waals surface area contributed by atoms with Crippen LogP contribution in [0.25, 0.3) is 0 Å². The Hall–Kier alpha value is -1.78. The molecule has 1 aromatic carbocycles. The number of nitro benzene ring substituents is 1. The number of nitrogens with zero attached hydrogens (tertiary/aromatic N) is 1. The van der Waals surface area contributed by atoms with Crippen LogP contribution in [0, 0.1) is 15.5 Å². The number of hydrogen-bond acceptors (Lipinski definition) is 4. The fourth-order valence-electron chi connectivity index (χ4n) is 3.00. The summed E-state index contributed by atoms with van der Waals surface area (Å²) in [4.78, 5) is 10.6. The lowest BCUT2D eigenvalue weighted by molar-refractivity contribution is -0.384. The van der Waals surface area contributed by atoms with Gasteiger partial charge in [-0.3, -0.25) is 10.1 Å².